The summed E-state index contributed by atoms with van der Waals surface area (Å²) in [5, 5.41) is 10.7. The van der Waals surface area contributed by atoms with E-state index in [1.165, 1.54) is 44.9 Å². The maximum absolute atomic E-state index is 11.9. The zero-order valence-electron chi connectivity index (χ0n) is 24.7. The monoisotopic (exact) mass is 502 g/mol. The molecule has 0 aromatic heterocycles. The molecule has 0 bridgehead atoms. The van der Waals surface area contributed by atoms with Crippen LogP contribution in [0.3, 0.4) is 0 Å². The Hall–Kier alpha value is -0.610. The molecule has 0 aromatic rings. The quantitative estimate of drug-likeness (QED) is 0.411. The lowest BCUT2D eigenvalue weighted by Crippen LogP contribution is -2.64. The fourth-order valence-electron chi connectivity index (χ4n) is 11.5. The van der Waals surface area contributed by atoms with Crippen molar-refractivity contribution in [2.75, 3.05) is 0 Å². The average molecular weight is 503 g/mol. The molecule has 0 amide bonds. The van der Waals surface area contributed by atoms with Gasteiger partial charge in [-0.05, 0) is 125 Å². The average Bonchev–Trinajstić information content (AvgIpc) is 3.32. The van der Waals surface area contributed by atoms with Crippen LogP contribution in [0.2, 0.25) is 0 Å². The molecule has 0 aromatic carbocycles. The van der Waals surface area contributed by atoms with Gasteiger partial charge in [-0.2, -0.15) is 0 Å². The first-order chi connectivity index (χ1) is 16.5. The van der Waals surface area contributed by atoms with Crippen molar-refractivity contribution in [1.82, 2.24) is 0 Å². The third-order valence-corrected chi connectivity index (χ3v) is 13.5. The highest BCUT2D eigenvalue weighted by Gasteiger charge is 2.70. The van der Waals surface area contributed by atoms with Crippen LogP contribution in [0.5, 0.6) is 0 Å². The molecule has 4 aliphatic carbocycles. The van der Waals surface area contributed by atoms with Crippen LogP contribution in [0.4, 0.5) is 0 Å². The zero-order chi connectivity index (χ0) is 26.5. The molecular weight excluding hydrogens is 448 g/mol. The van der Waals surface area contributed by atoms with Crippen molar-refractivity contribution in [3.05, 3.63) is 0 Å². The Morgan fingerprint density at radius 1 is 0.806 bits per heavy atom. The van der Waals surface area contributed by atoms with Crippen LogP contribution in [0.25, 0.3) is 0 Å². The Bertz CT molecular complexity index is 889. The van der Waals surface area contributed by atoms with E-state index in [2.05, 4.69) is 41.5 Å². The summed E-state index contributed by atoms with van der Waals surface area (Å²) in [5.41, 5.74) is 0.122. The van der Waals surface area contributed by atoms with Crippen LogP contribution in [-0.4, -0.2) is 34.5 Å². The molecule has 10 atom stereocenters. The van der Waals surface area contributed by atoms with Crippen molar-refractivity contribution >= 4 is 5.97 Å². The van der Waals surface area contributed by atoms with E-state index in [0.717, 1.165) is 25.2 Å². The third kappa shape index (κ3) is 3.62. The molecule has 1 aliphatic heterocycles. The molecule has 5 rings (SSSR count). The number of carbonyl (C=O) groups excluding carboxylic acids is 1. The minimum Gasteiger partial charge on any atom is -0.462 e. The van der Waals surface area contributed by atoms with Crippen LogP contribution >= 0.6 is 0 Å². The van der Waals surface area contributed by atoms with Crippen molar-refractivity contribution in [2.24, 2.45) is 45.3 Å². The van der Waals surface area contributed by atoms with E-state index < -0.39 is 5.60 Å². The van der Waals surface area contributed by atoms with E-state index in [4.69, 9.17) is 9.47 Å². The molecular formula is C32H54O4. The molecule has 206 valence electrons. The van der Waals surface area contributed by atoms with E-state index in [1.54, 1.807) is 6.92 Å². The number of aliphatic hydroxyl groups is 1. The number of hydrogen-bond donors (Lipinski definition) is 1. The molecule has 4 heteroatoms. The summed E-state index contributed by atoms with van der Waals surface area (Å²) in [6.07, 6.45) is 11.9. The van der Waals surface area contributed by atoms with E-state index in [1.807, 2.05) is 13.8 Å². The molecule has 5 fully saturated rings. The van der Waals surface area contributed by atoms with Gasteiger partial charge in [0.25, 0.3) is 0 Å². The Labute approximate surface area is 220 Å². The van der Waals surface area contributed by atoms with Gasteiger partial charge in [0.1, 0.15) is 6.10 Å². The first kappa shape index (κ1) is 27.0. The van der Waals surface area contributed by atoms with Crippen LogP contribution in [-0.2, 0) is 14.3 Å². The van der Waals surface area contributed by atoms with E-state index >= 15 is 0 Å². The SMILES string of the molecule is CC(=O)O[C@@H]1CC[C@@]2(C)C(CC[C@]3(C)C2CC[C@H]2[C@@H]([C@]4(C)CC[C@@H](C(C)(C)O)O4)CC[C@@]23C)C1(C)C. The maximum atomic E-state index is 11.9. The highest BCUT2D eigenvalue weighted by Crippen LogP contribution is 2.76. The van der Waals surface area contributed by atoms with Crippen molar-refractivity contribution in [1.29, 1.82) is 0 Å². The topological polar surface area (TPSA) is 55.8 Å². The fraction of sp³-hybridized carbons (Fsp3) is 0.969. The minimum atomic E-state index is -0.770. The van der Waals surface area contributed by atoms with Gasteiger partial charge >= 0.3 is 5.97 Å². The van der Waals surface area contributed by atoms with Gasteiger partial charge in [0, 0.05) is 12.3 Å². The number of esters is 1. The highest BCUT2D eigenvalue weighted by atomic mass is 16.5. The summed E-state index contributed by atoms with van der Waals surface area (Å²) < 4.78 is 12.6. The Balaban J connectivity index is 1.42. The molecule has 4 nitrogen and oxygen atoms in total. The Kier molecular flexibility index (Phi) is 6.14. The van der Waals surface area contributed by atoms with Crippen LogP contribution in [0.1, 0.15) is 127 Å². The molecule has 5 aliphatic rings. The molecule has 1 saturated heterocycles. The molecule has 0 spiro atoms. The second-order valence-corrected chi connectivity index (χ2v) is 15.9. The molecule has 2 unspecified atom stereocenters. The lowest BCUT2D eigenvalue weighted by Gasteiger charge is -2.70. The zero-order valence-corrected chi connectivity index (χ0v) is 24.7. The lowest BCUT2D eigenvalue weighted by atomic mass is 9.35. The van der Waals surface area contributed by atoms with Gasteiger partial charge < -0.3 is 14.6 Å². The summed E-state index contributed by atoms with van der Waals surface area (Å²) >= 11 is 0. The van der Waals surface area contributed by atoms with E-state index in [9.17, 15) is 9.90 Å². The largest absolute Gasteiger partial charge is 0.462 e. The number of rotatable bonds is 3. The Morgan fingerprint density at radius 3 is 2.08 bits per heavy atom. The van der Waals surface area contributed by atoms with Crippen molar-refractivity contribution in [3.8, 4) is 0 Å². The summed E-state index contributed by atoms with van der Waals surface area (Å²) in [6, 6.07) is 0. The summed E-state index contributed by atoms with van der Waals surface area (Å²) in [4.78, 5) is 11.9. The number of hydrogen-bond acceptors (Lipinski definition) is 4. The molecule has 0 radical (unpaired) electrons. The van der Waals surface area contributed by atoms with Crippen LogP contribution < -0.4 is 0 Å². The first-order valence-electron chi connectivity index (χ1n) is 15.1. The smallest absolute Gasteiger partial charge is 0.302 e. The summed E-state index contributed by atoms with van der Waals surface area (Å²) in [5.74, 6) is 2.49. The Morgan fingerprint density at radius 2 is 1.47 bits per heavy atom. The van der Waals surface area contributed by atoms with Gasteiger partial charge in [-0.15, -0.1) is 0 Å². The van der Waals surface area contributed by atoms with Gasteiger partial charge in [0.15, 0.2) is 0 Å². The predicted molar refractivity (Wildman–Crippen MR) is 143 cm³/mol. The van der Waals surface area contributed by atoms with Gasteiger partial charge in [-0.25, -0.2) is 0 Å². The first-order valence-corrected chi connectivity index (χ1v) is 15.1. The van der Waals surface area contributed by atoms with Gasteiger partial charge in [-0.1, -0.05) is 34.6 Å². The van der Waals surface area contributed by atoms with Crippen molar-refractivity contribution in [2.45, 2.75) is 150 Å². The third-order valence-electron chi connectivity index (χ3n) is 13.5. The number of ether oxygens (including phenoxy) is 2. The molecule has 4 saturated carbocycles. The van der Waals surface area contributed by atoms with Crippen molar-refractivity contribution in [3.63, 3.8) is 0 Å². The van der Waals surface area contributed by atoms with Gasteiger partial charge in [-0.3, -0.25) is 4.79 Å². The maximum Gasteiger partial charge on any atom is 0.302 e. The van der Waals surface area contributed by atoms with E-state index in [0.29, 0.717) is 34.0 Å². The normalized spacial score (nSPS) is 52.3. The lowest BCUT2D eigenvalue weighted by molar-refractivity contribution is -0.231. The number of fused-ring (bicyclic) bond motifs is 5. The van der Waals surface area contributed by atoms with E-state index in [-0.39, 0.29) is 29.2 Å². The van der Waals surface area contributed by atoms with Gasteiger partial charge in [0.2, 0.25) is 0 Å². The number of carbonyl (C=O) groups is 1. The predicted octanol–water partition coefficient (Wildman–Crippen LogP) is 7.31. The molecule has 1 heterocycles. The van der Waals surface area contributed by atoms with Crippen LogP contribution in [0, 0.1) is 45.3 Å². The van der Waals surface area contributed by atoms with Crippen LogP contribution in [0.15, 0.2) is 0 Å². The van der Waals surface area contributed by atoms with Gasteiger partial charge in [0.05, 0.1) is 17.3 Å². The second-order valence-electron chi connectivity index (χ2n) is 15.9. The molecule has 36 heavy (non-hydrogen) atoms. The minimum absolute atomic E-state index is 0.0211. The standard InChI is InChI=1S/C32H54O4/c1-20(33)35-25-14-16-29(6)23(27(25,2)3)13-18-31(8)24(29)11-10-21-22(12-17-30(21,31)7)32(9)19-15-26(36-32)28(4,5)34/h21-26,34H,10-19H2,1-9H3/t21-,22-,23?,24?,25+,26-,29-,30-,31+,32-/m0/s1. The molecule has 1 N–H and O–H groups in total. The summed E-state index contributed by atoms with van der Waals surface area (Å²) in [7, 11) is 0. The summed E-state index contributed by atoms with van der Waals surface area (Å²) in [6.45, 7) is 20.4. The second kappa shape index (κ2) is 8.20. The highest BCUT2D eigenvalue weighted by molar-refractivity contribution is 5.66. The fourth-order valence-corrected chi connectivity index (χ4v) is 11.5. The van der Waals surface area contributed by atoms with Crippen molar-refractivity contribution < 1.29 is 19.4 Å².